The minimum atomic E-state index is -1.20. The van der Waals surface area contributed by atoms with Crippen LogP contribution in [0.4, 0.5) is 0 Å². The van der Waals surface area contributed by atoms with Crippen molar-refractivity contribution in [1.82, 2.24) is 4.90 Å². The molecule has 1 aliphatic heterocycles. The molecule has 0 spiro atoms. The van der Waals surface area contributed by atoms with Crippen LogP contribution in [0.3, 0.4) is 0 Å². The van der Waals surface area contributed by atoms with E-state index in [1.807, 2.05) is 0 Å². The topological polar surface area (TPSA) is 90.2 Å². The molecule has 1 fully saturated rings. The van der Waals surface area contributed by atoms with Crippen LogP contribution in [0.25, 0.3) is 0 Å². The Morgan fingerprint density at radius 3 is 2.50 bits per heavy atom. The maximum absolute atomic E-state index is 10.8. The molecule has 3 atom stereocenters. The van der Waals surface area contributed by atoms with E-state index in [0.29, 0.717) is 0 Å². The summed E-state index contributed by atoms with van der Waals surface area (Å²) >= 11 is 0. The van der Waals surface area contributed by atoms with Crippen LogP contribution in [0.15, 0.2) is 0 Å². The number of hydrogen-bond acceptors (Lipinski definition) is 6. The smallest absolute Gasteiger partial charge is 0.361 e. The van der Waals surface area contributed by atoms with Crippen LogP contribution in [0, 0.1) is 0 Å². The molecule has 0 aliphatic carbocycles. The van der Waals surface area contributed by atoms with Gasteiger partial charge in [0.2, 0.25) is 0 Å². The van der Waals surface area contributed by atoms with Crippen LogP contribution >= 0.6 is 0 Å². The first-order valence-electron chi connectivity index (χ1n) is 3.49. The second kappa shape index (κ2) is 3.36. The van der Waals surface area contributed by atoms with Gasteiger partial charge in [-0.2, -0.15) is 5.26 Å². The third-order valence-corrected chi connectivity index (χ3v) is 2.00. The number of carbonyl (C=O) groups excluding carboxylic acids is 1. The molecule has 0 aromatic heterocycles. The normalized spacial score (nSPS) is 36.8. The zero-order chi connectivity index (χ0) is 9.30. The van der Waals surface area contributed by atoms with E-state index in [9.17, 15) is 9.90 Å². The monoisotopic (exact) mass is 177 g/mol. The van der Waals surface area contributed by atoms with Gasteiger partial charge < -0.3 is 10.2 Å². The van der Waals surface area contributed by atoms with Crippen LogP contribution < -0.4 is 0 Å². The second-order valence-corrected chi connectivity index (χ2v) is 2.85. The lowest BCUT2D eigenvalue weighted by Crippen LogP contribution is -2.41. The van der Waals surface area contributed by atoms with Crippen LogP contribution in [0.2, 0.25) is 0 Å². The van der Waals surface area contributed by atoms with Crippen molar-refractivity contribution < 1.29 is 25.2 Å². The molecular weight excluding hydrogens is 166 g/mol. The average molecular weight is 177 g/mol. The summed E-state index contributed by atoms with van der Waals surface area (Å²) in [4.78, 5) is 15.7. The fourth-order valence-corrected chi connectivity index (χ4v) is 1.36. The van der Waals surface area contributed by atoms with Crippen molar-refractivity contribution in [2.45, 2.75) is 18.2 Å². The van der Waals surface area contributed by atoms with Crippen molar-refractivity contribution in [3.05, 3.63) is 0 Å². The quantitative estimate of drug-likeness (QED) is 0.318. The SMILES string of the molecule is CN1CC(O)C(O)C1C(=O)OO. The highest BCUT2D eigenvalue weighted by Crippen LogP contribution is 2.17. The van der Waals surface area contributed by atoms with Crippen molar-refractivity contribution in [1.29, 1.82) is 0 Å². The number of β-amino-alcohol motifs (C(OH)–C–C–N with tert-alkyl or cyclic N) is 1. The first-order valence-corrected chi connectivity index (χ1v) is 3.49. The first kappa shape index (κ1) is 9.40. The number of likely N-dealkylation sites (tertiary alicyclic amines) is 1. The molecule has 12 heavy (non-hydrogen) atoms. The summed E-state index contributed by atoms with van der Waals surface area (Å²) in [6.45, 7) is 0.181. The Morgan fingerprint density at radius 2 is 2.17 bits per heavy atom. The highest BCUT2D eigenvalue weighted by Gasteiger charge is 2.43. The number of nitrogens with zero attached hydrogens (tertiary/aromatic N) is 1. The van der Waals surface area contributed by atoms with Crippen molar-refractivity contribution in [2.24, 2.45) is 0 Å². The van der Waals surface area contributed by atoms with Crippen molar-refractivity contribution >= 4 is 5.97 Å². The summed E-state index contributed by atoms with van der Waals surface area (Å²) in [7, 11) is 1.54. The van der Waals surface area contributed by atoms with Crippen LogP contribution in [0.5, 0.6) is 0 Å². The Bertz CT molecular complexity index is 185. The van der Waals surface area contributed by atoms with Crippen molar-refractivity contribution in [3.63, 3.8) is 0 Å². The molecule has 6 heteroatoms. The molecule has 70 valence electrons. The molecule has 0 saturated carbocycles. The van der Waals surface area contributed by atoms with Gasteiger partial charge >= 0.3 is 5.97 Å². The Balaban J connectivity index is 2.69. The third-order valence-electron chi connectivity index (χ3n) is 2.00. The van der Waals surface area contributed by atoms with E-state index < -0.39 is 24.2 Å². The van der Waals surface area contributed by atoms with E-state index in [1.165, 1.54) is 4.90 Å². The highest BCUT2D eigenvalue weighted by molar-refractivity contribution is 5.76. The summed E-state index contributed by atoms with van der Waals surface area (Å²) in [5.74, 6) is -0.957. The second-order valence-electron chi connectivity index (χ2n) is 2.85. The molecule has 6 nitrogen and oxygen atoms in total. The Hall–Kier alpha value is -0.690. The predicted molar refractivity (Wildman–Crippen MR) is 37.2 cm³/mol. The largest absolute Gasteiger partial charge is 0.389 e. The van der Waals surface area contributed by atoms with Crippen LogP contribution in [0.1, 0.15) is 0 Å². The fraction of sp³-hybridized carbons (Fsp3) is 0.833. The molecule has 1 saturated heterocycles. The first-order chi connectivity index (χ1) is 5.57. The van der Waals surface area contributed by atoms with Gasteiger partial charge in [0.1, 0.15) is 12.1 Å². The Labute approximate surface area is 68.9 Å². The van der Waals surface area contributed by atoms with Gasteiger partial charge in [-0.25, -0.2) is 4.79 Å². The lowest BCUT2D eigenvalue weighted by atomic mass is 10.1. The number of rotatable bonds is 1. The van der Waals surface area contributed by atoms with E-state index in [-0.39, 0.29) is 6.54 Å². The van der Waals surface area contributed by atoms with Gasteiger partial charge in [-0.1, -0.05) is 0 Å². The molecule has 3 N–H and O–H groups in total. The molecule has 1 rings (SSSR count). The lowest BCUT2D eigenvalue weighted by Gasteiger charge is -2.17. The molecule has 3 unspecified atom stereocenters. The minimum Gasteiger partial charge on any atom is -0.389 e. The van der Waals surface area contributed by atoms with E-state index in [0.717, 1.165) is 0 Å². The van der Waals surface area contributed by atoms with Gasteiger partial charge in [0.05, 0.1) is 6.10 Å². The third kappa shape index (κ3) is 1.42. The summed E-state index contributed by atoms with van der Waals surface area (Å²) < 4.78 is 0. The fourth-order valence-electron chi connectivity index (χ4n) is 1.36. The molecule has 0 aromatic rings. The number of aliphatic hydroxyl groups is 2. The zero-order valence-electron chi connectivity index (χ0n) is 6.54. The van der Waals surface area contributed by atoms with E-state index in [4.69, 9.17) is 10.4 Å². The maximum Gasteiger partial charge on any atom is 0.361 e. The number of likely N-dealkylation sites (N-methyl/N-ethyl adjacent to an activating group) is 1. The van der Waals surface area contributed by atoms with Crippen molar-refractivity contribution in [3.8, 4) is 0 Å². The number of hydrogen-bond donors (Lipinski definition) is 3. The van der Waals surface area contributed by atoms with Gasteiger partial charge in [-0.15, -0.1) is 0 Å². The summed E-state index contributed by atoms with van der Waals surface area (Å²) in [5, 5.41) is 26.4. The van der Waals surface area contributed by atoms with Gasteiger partial charge in [0.15, 0.2) is 0 Å². The van der Waals surface area contributed by atoms with Gasteiger partial charge in [-0.05, 0) is 7.05 Å². The standard InChI is InChI=1S/C6H11NO5/c1-7-2-3(8)5(9)4(7)6(10)12-11/h3-5,8-9,11H,2H2,1H3. The average Bonchev–Trinajstić information content (AvgIpc) is 2.26. The van der Waals surface area contributed by atoms with E-state index in [1.54, 1.807) is 7.05 Å². The minimum absolute atomic E-state index is 0.181. The Morgan fingerprint density at radius 1 is 1.58 bits per heavy atom. The summed E-state index contributed by atoms with van der Waals surface area (Å²) in [6, 6.07) is -0.981. The molecular formula is C6H11NO5. The van der Waals surface area contributed by atoms with Gasteiger partial charge in [0.25, 0.3) is 0 Å². The van der Waals surface area contributed by atoms with E-state index >= 15 is 0 Å². The maximum atomic E-state index is 10.8. The molecule has 0 aromatic carbocycles. The van der Waals surface area contributed by atoms with Crippen molar-refractivity contribution in [2.75, 3.05) is 13.6 Å². The zero-order valence-corrected chi connectivity index (χ0v) is 6.54. The summed E-state index contributed by atoms with van der Waals surface area (Å²) in [5.41, 5.74) is 0. The predicted octanol–water partition coefficient (Wildman–Crippen LogP) is -1.96. The summed E-state index contributed by atoms with van der Waals surface area (Å²) in [6.07, 6.45) is -2.17. The highest BCUT2D eigenvalue weighted by atomic mass is 17.1. The number of carbonyl (C=O) groups is 1. The Kier molecular flexibility index (Phi) is 2.63. The van der Waals surface area contributed by atoms with E-state index in [2.05, 4.69) is 4.89 Å². The number of aliphatic hydroxyl groups excluding tert-OH is 2. The molecule has 0 bridgehead atoms. The van der Waals surface area contributed by atoms with Gasteiger partial charge in [-0.3, -0.25) is 9.79 Å². The molecule has 0 radical (unpaired) electrons. The molecule has 1 aliphatic rings. The molecule has 0 amide bonds. The lowest BCUT2D eigenvalue weighted by molar-refractivity contribution is -0.240. The molecule has 1 heterocycles. The van der Waals surface area contributed by atoms with Crippen LogP contribution in [-0.2, 0) is 9.68 Å². The van der Waals surface area contributed by atoms with Crippen LogP contribution in [-0.4, -0.2) is 58.2 Å². The van der Waals surface area contributed by atoms with Gasteiger partial charge in [0, 0.05) is 6.54 Å².